The van der Waals surface area contributed by atoms with Gasteiger partial charge in [-0.1, -0.05) is 30.3 Å². The van der Waals surface area contributed by atoms with Crippen molar-refractivity contribution in [3.05, 3.63) is 65.5 Å². The van der Waals surface area contributed by atoms with E-state index < -0.39 is 0 Å². The Hall–Kier alpha value is -2.66. The highest BCUT2D eigenvalue weighted by Gasteiger charge is 2.21. The Morgan fingerprint density at radius 3 is 2.73 bits per heavy atom. The number of carbonyl (C=O) groups excluding carboxylic acids is 1. The number of amides is 1. The van der Waals surface area contributed by atoms with Gasteiger partial charge in [-0.15, -0.1) is 0 Å². The predicted octanol–water partition coefficient (Wildman–Crippen LogP) is 3.27. The number of aromatic amines is 1. The van der Waals surface area contributed by atoms with Crippen LogP contribution < -0.4 is 5.32 Å². The van der Waals surface area contributed by atoms with Crippen molar-refractivity contribution in [2.24, 2.45) is 0 Å². The molecule has 1 aromatic heterocycles. The van der Waals surface area contributed by atoms with Gasteiger partial charge in [0.15, 0.2) is 0 Å². The Morgan fingerprint density at radius 1 is 1.19 bits per heavy atom. The molecule has 0 aliphatic carbocycles. The Morgan fingerprint density at radius 2 is 1.96 bits per heavy atom. The van der Waals surface area contributed by atoms with Crippen LogP contribution >= 0.6 is 0 Å². The van der Waals surface area contributed by atoms with Gasteiger partial charge in [-0.25, -0.2) is 4.98 Å². The number of hydrogen-bond donors (Lipinski definition) is 2. The van der Waals surface area contributed by atoms with Crippen LogP contribution in [0.5, 0.6) is 0 Å². The zero-order valence-electron chi connectivity index (χ0n) is 15.0. The van der Waals surface area contributed by atoms with Crippen molar-refractivity contribution < 1.29 is 4.79 Å². The fraction of sp³-hybridized carbons (Fsp3) is 0.333. The molecule has 26 heavy (non-hydrogen) atoms. The maximum Gasteiger partial charge on any atom is 0.251 e. The molecule has 1 amide bonds. The van der Waals surface area contributed by atoms with E-state index in [1.54, 1.807) is 0 Å². The summed E-state index contributed by atoms with van der Waals surface area (Å²) < 4.78 is 0. The summed E-state index contributed by atoms with van der Waals surface area (Å²) in [6.07, 6.45) is 1.98. The highest BCUT2D eigenvalue weighted by Crippen LogP contribution is 2.16. The van der Waals surface area contributed by atoms with Crippen LogP contribution in [-0.2, 0) is 6.54 Å². The number of rotatable bonds is 4. The zero-order chi connectivity index (χ0) is 17.9. The number of likely N-dealkylation sites (tertiary alicyclic amines) is 1. The van der Waals surface area contributed by atoms with Crippen molar-refractivity contribution in [1.29, 1.82) is 0 Å². The molecule has 134 valence electrons. The molecule has 0 radical (unpaired) electrons. The van der Waals surface area contributed by atoms with E-state index in [2.05, 4.69) is 44.5 Å². The number of H-pyrrole nitrogens is 1. The summed E-state index contributed by atoms with van der Waals surface area (Å²) in [5.74, 6) is 0.865. The van der Waals surface area contributed by atoms with Crippen molar-refractivity contribution in [3.63, 3.8) is 0 Å². The SMILES string of the molecule is Cc1nc2ccc(C(=O)NC3CCN(Cc4ccccc4)CC3)cc2[nH]1. The fourth-order valence-electron chi connectivity index (χ4n) is 3.62. The second-order valence-corrected chi connectivity index (χ2v) is 7.06. The van der Waals surface area contributed by atoms with E-state index in [-0.39, 0.29) is 11.9 Å². The van der Waals surface area contributed by atoms with E-state index in [9.17, 15) is 4.79 Å². The fourth-order valence-corrected chi connectivity index (χ4v) is 3.62. The van der Waals surface area contributed by atoms with Gasteiger partial charge in [0.1, 0.15) is 5.82 Å². The minimum atomic E-state index is 0.000613. The second-order valence-electron chi connectivity index (χ2n) is 7.06. The van der Waals surface area contributed by atoms with Gasteiger partial charge < -0.3 is 10.3 Å². The van der Waals surface area contributed by atoms with Crippen molar-refractivity contribution >= 4 is 16.9 Å². The predicted molar refractivity (Wildman–Crippen MR) is 103 cm³/mol. The molecule has 3 aromatic rings. The van der Waals surface area contributed by atoms with Crippen LogP contribution in [0.1, 0.15) is 34.6 Å². The number of hydrogen-bond acceptors (Lipinski definition) is 3. The lowest BCUT2D eigenvalue weighted by molar-refractivity contribution is 0.0909. The second kappa shape index (κ2) is 7.30. The maximum atomic E-state index is 12.6. The molecule has 0 saturated carbocycles. The number of nitrogens with one attached hydrogen (secondary N) is 2. The molecule has 4 rings (SSSR count). The topological polar surface area (TPSA) is 61.0 Å². The molecular weight excluding hydrogens is 324 g/mol. The number of aromatic nitrogens is 2. The number of nitrogens with zero attached hydrogens (tertiary/aromatic N) is 2. The summed E-state index contributed by atoms with van der Waals surface area (Å²) in [6.45, 7) is 4.93. The molecule has 2 heterocycles. The van der Waals surface area contributed by atoms with Crippen LogP contribution in [0.25, 0.3) is 11.0 Å². The molecule has 2 aromatic carbocycles. The molecule has 1 fully saturated rings. The third-order valence-electron chi connectivity index (χ3n) is 5.03. The summed E-state index contributed by atoms with van der Waals surface area (Å²) in [6, 6.07) is 16.4. The van der Waals surface area contributed by atoms with E-state index in [4.69, 9.17) is 0 Å². The highest BCUT2D eigenvalue weighted by molar-refractivity contribution is 5.97. The third kappa shape index (κ3) is 3.78. The minimum Gasteiger partial charge on any atom is -0.349 e. The molecule has 0 bridgehead atoms. The molecule has 2 N–H and O–H groups in total. The van der Waals surface area contributed by atoms with Gasteiger partial charge in [0.05, 0.1) is 11.0 Å². The Balaban J connectivity index is 1.32. The molecule has 0 spiro atoms. The van der Waals surface area contributed by atoms with Crippen LogP contribution in [0.4, 0.5) is 0 Å². The number of fused-ring (bicyclic) bond motifs is 1. The molecule has 0 atom stereocenters. The number of piperidine rings is 1. The summed E-state index contributed by atoms with van der Waals surface area (Å²) in [7, 11) is 0. The first-order valence-corrected chi connectivity index (χ1v) is 9.21. The van der Waals surface area contributed by atoms with E-state index >= 15 is 0 Å². The molecule has 1 aliphatic heterocycles. The molecular formula is C21H24N4O. The Labute approximate surface area is 153 Å². The number of benzene rings is 2. The van der Waals surface area contributed by atoms with Gasteiger partial charge in [-0.2, -0.15) is 0 Å². The Bertz CT molecular complexity index is 895. The zero-order valence-corrected chi connectivity index (χ0v) is 15.0. The molecule has 5 heteroatoms. The van der Waals surface area contributed by atoms with Crippen LogP contribution in [0.15, 0.2) is 48.5 Å². The quantitative estimate of drug-likeness (QED) is 0.761. The largest absolute Gasteiger partial charge is 0.349 e. The van der Waals surface area contributed by atoms with Crippen LogP contribution in [0.2, 0.25) is 0 Å². The van der Waals surface area contributed by atoms with Crippen molar-refractivity contribution in [2.45, 2.75) is 32.4 Å². The summed E-state index contributed by atoms with van der Waals surface area (Å²) in [5, 5.41) is 3.19. The van der Waals surface area contributed by atoms with Gasteiger partial charge in [-0.05, 0) is 43.5 Å². The highest BCUT2D eigenvalue weighted by atomic mass is 16.1. The van der Waals surface area contributed by atoms with Crippen LogP contribution in [-0.4, -0.2) is 39.9 Å². The first-order chi connectivity index (χ1) is 12.7. The van der Waals surface area contributed by atoms with Crippen LogP contribution in [0, 0.1) is 6.92 Å². The molecule has 1 saturated heterocycles. The van der Waals surface area contributed by atoms with E-state index in [0.717, 1.165) is 49.3 Å². The van der Waals surface area contributed by atoms with Crippen molar-refractivity contribution in [2.75, 3.05) is 13.1 Å². The normalized spacial score (nSPS) is 16.0. The number of imidazole rings is 1. The molecule has 5 nitrogen and oxygen atoms in total. The van der Waals surface area contributed by atoms with Gasteiger partial charge in [0.25, 0.3) is 5.91 Å². The van der Waals surface area contributed by atoms with Gasteiger partial charge in [0, 0.05) is 31.2 Å². The third-order valence-corrected chi connectivity index (χ3v) is 5.03. The average molecular weight is 348 g/mol. The van der Waals surface area contributed by atoms with Crippen LogP contribution in [0.3, 0.4) is 0 Å². The van der Waals surface area contributed by atoms with Crippen molar-refractivity contribution in [1.82, 2.24) is 20.2 Å². The maximum absolute atomic E-state index is 12.6. The first-order valence-electron chi connectivity index (χ1n) is 9.21. The average Bonchev–Trinajstić information content (AvgIpc) is 3.03. The monoisotopic (exact) mass is 348 g/mol. The lowest BCUT2D eigenvalue weighted by atomic mass is 10.0. The number of carbonyl (C=O) groups is 1. The standard InChI is InChI=1S/C21H24N4O/c1-15-22-19-8-7-17(13-20(19)23-15)21(26)24-18-9-11-25(12-10-18)14-16-5-3-2-4-6-16/h2-8,13,18H,9-12,14H2,1H3,(H,22,23)(H,24,26). The van der Waals surface area contributed by atoms with Gasteiger partial charge >= 0.3 is 0 Å². The number of aryl methyl sites for hydroxylation is 1. The smallest absolute Gasteiger partial charge is 0.251 e. The minimum absolute atomic E-state index is 0.000613. The summed E-state index contributed by atoms with van der Waals surface area (Å²) in [4.78, 5) is 22.6. The van der Waals surface area contributed by atoms with Gasteiger partial charge in [0.2, 0.25) is 0 Å². The first kappa shape index (κ1) is 16.8. The molecule has 1 aliphatic rings. The lowest BCUT2D eigenvalue weighted by Crippen LogP contribution is -2.44. The summed E-state index contributed by atoms with van der Waals surface area (Å²) >= 11 is 0. The lowest BCUT2D eigenvalue weighted by Gasteiger charge is -2.32. The van der Waals surface area contributed by atoms with Crippen molar-refractivity contribution in [3.8, 4) is 0 Å². The summed E-state index contributed by atoms with van der Waals surface area (Å²) in [5.41, 5.74) is 3.84. The van der Waals surface area contributed by atoms with E-state index in [1.807, 2.05) is 31.2 Å². The Kier molecular flexibility index (Phi) is 4.71. The van der Waals surface area contributed by atoms with Gasteiger partial charge in [-0.3, -0.25) is 9.69 Å². The molecule has 0 unspecified atom stereocenters. The van der Waals surface area contributed by atoms with E-state index in [0.29, 0.717) is 5.56 Å². The van der Waals surface area contributed by atoms with E-state index in [1.165, 1.54) is 5.56 Å².